The van der Waals surface area contributed by atoms with E-state index in [9.17, 15) is 9.59 Å². The Balaban J connectivity index is 1.65. The Bertz CT molecular complexity index is 773. The third kappa shape index (κ3) is 4.14. The molecule has 0 radical (unpaired) electrons. The summed E-state index contributed by atoms with van der Waals surface area (Å²) < 4.78 is 10.5. The molecule has 1 N–H and O–H groups in total. The van der Waals surface area contributed by atoms with Gasteiger partial charge in [-0.25, -0.2) is 0 Å². The number of benzene rings is 1. The second-order valence-electron chi connectivity index (χ2n) is 5.97. The third-order valence-corrected chi connectivity index (χ3v) is 4.08. The number of carboxylic acids is 1. The second-order valence-corrected chi connectivity index (χ2v) is 5.97. The molecule has 1 aromatic heterocycles. The van der Waals surface area contributed by atoms with Crippen LogP contribution in [0.2, 0.25) is 0 Å². The number of nitrogens with zero attached hydrogens (tertiary/aromatic N) is 3. The van der Waals surface area contributed by atoms with Crippen molar-refractivity contribution in [1.82, 2.24) is 15.0 Å². The van der Waals surface area contributed by atoms with Gasteiger partial charge in [0.1, 0.15) is 5.75 Å². The minimum Gasteiger partial charge on any atom is -0.485 e. The second kappa shape index (κ2) is 7.33. The highest BCUT2D eigenvalue weighted by atomic mass is 16.5. The predicted octanol–water partition coefficient (Wildman–Crippen LogP) is 1.89. The van der Waals surface area contributed by atoms with E-state index >= 15 is 0 Å². The summed E-state index contributed by atoms with van der Waals surface area (Å²) in [6, 6.07) is 6.79. The monoisotopic (exact) mass is 345 g/mol. The van der Waals surface area contributed by atoms with Crippen LogP contribution in [0.4, 0.5) is 0 Å². The number of carbonyl (C=O) groups excluding carboxylic acids is 1. The number of aliphatic carboxylic acids is 1. The number of hydrogen-bond donors (Lipinski definition) is 1. The molecule has 3 rings (SSSR count). The molecule has 0 bridgehead atoms. The standard InChI is InChI=1S/C17H19N3O5/c1-11-18-15(19-25-11)10-24-14-6-2-4-12(8-14)16(21)20-7-3-5-13(9-20)17(22)23/h2,4,6,8,13H,3,5,7,9-10H2,1H3,(H,22,23). The maximum absolute atomic E-state index is 12.6. The molecule has 1 amide bonds. The fraction of sp³-hybridized carbons (Fsp3) is 0.412. The Morgan fingerprint density at radius 1 is 1.44 bits per heavy atom. The predicted molar refractivity (Wildman–Crippen MR) is 86.1 cm³/mol. The van der Waals surface area contributed by atoms with E-state index in [1.807, 2.05) is 0 Å². The van der Waals surface area contributed by atoms with Crippen LogP contribution in [0.3, 0.4) is 0 Å². The molecule has 1 aromatic carbocycles. The van der Waals surface area contributed by atoms with E-state index in [-0.39, 0.29) is 19.1 Å². The number of likely N-dealkylation sites (tertiary alicyclic amines) is 1. The minimum atomic E-state index is -0.856. The van der Waals surface area contributed by atoms with Crippen LogP contribution in [-0.2, 0) is 11.4 Å². The molecular formula is C17H19N3O5. The highest BCUT2D eigenvalue weighted by molar-refractivity contribution is 5.95. The average molecular weight is 345 g/mol. The fourth-order valence-electron chi connectivity index (χ4n) is 2.81. The number of amides is 1. The van der Waals surface area contributed by atoms with Crippen molar-refractivity contribution in [2.24, 2.45) is 5.92 Å². The van der Waals surface area contributed by atoms with Gasteiger partial charge in [-0.15, -0.1) is 0 Å². The Morgan fingerprint density at radius 3 is 3.00 bits per heavy atom. The minimum absolute atomic E-state index is 0.139. The van der Waals surface area contributed by atoms with Gasteiger partial charge in [0.25, 0.3) is 5.91 Å². The topological polar surface area (TPSA) is 106 Å². The van der Waals surface area contributed by atoms with E-state index in [0.717, 1.165) is 0 Å². The molecule has 132 valence electrons. The van der Waals surface area contributed by atoms with Gasteiger partial charge in [0.15, 0.2) is 6.61 Å². The molecule has 0 aliphatic carbocycles. The van der Waals surface area contributed by atoms with Crippen LogP contribution >= 0.6 is 0 Å². The molecule has 1 fully saturated rings. The van der Waals surface area contributed by atoms with Crippen LogP contribution in [0.15, 0.2) is 28.8 Å². The molecule has 2 aromatic rings. The van der Waals surface area contributed by atoms with E-state index in [1.54, 1.807) is 36.1 Å². The summed E-state index contributed by atoms with van der Waals surface area (Å²) in [6.45, 7) is 2.63. The average Bonchev–Trinajstić information content (AvgIpc) is 3.05. The van der Waals surface area contributed by atoms with Crippen LogP contribution in [0, 0.1) is 12.8 Å². The first kappa shape index (κ1) is 16.9. The normalized spacial score (nSPS) is 17.3. The summed E-state index contributed by atoms with van der Waals surface area (Å²) in [5.41, 5.74) is 0.466. The maximum atomic E-state index is 12.6. The van der Waals surface area contributed by atoms with Gasteiger partial charge in [-0.3, -0.25) is 9.59 Å². The van der Waals surface area contributed by atoms with Crippen LogP contribution in [0.5, 0.6) is 5.75 Å². The summed E-state index contributed by atoms with van der Waals surface area (Å²) >= 11 is 0. The summed E-state index contributed by atoms with van der Waals surface area (Å²) in [4.78, 5) is 29.4. The van der Waals surface area contributed by atoms with Crippen molar-refractivity contribution in [3.8, 4) is 5.75 Å². The number of carbonyl (C=O) groups is 2. The number of ether oxygens (including phenoxy) is 1. The first-order chi connectivity index (χ1) is 12.0. The lowest BCUT2D eigenvalue weighted by Crippen LogP contribution is -2.42. The third-order valence-electron chi connectivity index (χ3n) is 4.08. The zero-order chi connectivity index (χ0) is 17.8. The van der Waals surface area contributed by atoms with Gasteiger partial charge in [0.2, 0.25) is 11.7 Å². The molecule has 2 heterocycles. The van der Waals surface area contributed by atoms with Gasteiger partial charge >= 0.3 is 5.97 Å². The smallest absolute Gasteiger partial charge is 0.308 e. The summed E-state index contributed by atoms with van der Waals surface area (Å²) in [5, 5.41) is 12.9. The lowest BCUT2D eigenvalue weighted by molar-refractivity contribution is -0.143. The fourth-order valence-corrected chi connectivity index (χ4v) is 2.81. The SMILES string of the molecule is Cc1nc(COc2cccc(C(=O)N3CCCC(C(=O)O)C3)c2)no1. The van der Waals surface area contributed by atoms with Crippen LogP contribution in [0.25, 0.3) is 0 Å². The quantitative estimate of drug-likeness (QED) is 0.882. The van der Waals surface area contributed by atoms with Gasteiger partial charge in [-0.05, 0) is 31.0 Å². The largest absolute Gasteiger partial charge is 0.485 e. The van der Waals surface area contributed by atoms with Crippen molar-refractivity contribution in [2.75, 3.05) is 13.1 Å². The molecule has 1 aliphatic rings. The Labute approximate surface area is 144 Å². The van der Waals surface area contributed by atoms with E-state index in [2.05, 4.69) is 10.1 Å². The van der Waals surface area contributed by atoms with Crippen molar-refractivity contribution < 1.29 is 24.0 Å². The van der Waals surface area contributed by atoms with E-state index in [0.29, 0.717) is 42.4 Å². The zero-order valence-corrected chi connectivity index (χ0v) is 13.8. The van der Waals surface area contributed by atoms with E-state index in [1.165, 1.54) is 0 Å². The molecule has 1 aliphatic heterocycles. The number of rotatable bonds is 5. The molecule has 8 heteroatoms. The van der Waals surface area contributed by atoms with Crippen molar-refractivity contribution in [2.45, 2.75) is 26.4 Å². The summed E-state index contributed by atoms with van der Waals surface area (Å²) in [7, 11) is 0. The van der Waals surface area contributed by atoms with Crippen LogP contribution in [-0.4, -0.2) is 45.1 Å². The van der Waals surface area contributed by atoms with Crippen molar-refractivity contribution >= 4 is 11.9 Å². The van der Waals surface area contributed by atoms with Gasteiger partial charge in [-0.2, -0.15) is 4.98 Å². The first-order valence-electron chi connectivity index (χ1n) is 8.07. The summed E-state index contributed by atoms with van der Waals surface area (Å²) in [6.07, 6.45) is 1.29. The number of piperidine rings is 1. The molecule has 1 unspecified atom stereocenters. The van der Waals surface area contributed by atoms with Crippen LogP contribution in [0.1, 0.15) is 34.9 Å². The van der Waals surface area contributed by atoms with Gasteiger partial charge in [0.05, 0.1) is 5.92 Å². The van der Waals surface area contributed by atoms with E-state index < -0.39 is 11.9 Å². The van der Waals surface area contributed by atoms with Crippen molar-refractivity contribution in [3.05, 3.63) is 41.5 Å². The Morgan fingerprint density at radius 2 is 2.28 bits per heavy atom. The molecule has 0 saturated carbocycles. The van der Waals surface area contributed by atoms with Gasteiger partial charge < -0.3 is 19.3 Å². The van der Waals surface area contributed by atoms with Crippen LogP contribution < -0.4 is 4.74 Å². The number of aryl methyl sites for hydroxylation is 1. The highest BCUT2D eigenvalue weighted by Gasteiger charge is 2.28. The Kier molecular flexibility index (Phi) is 4.97. The number of carboxylic acid groups (broad SMARTS) is 1. The Hall–Kier alpha value is -2.90. The van der Waals surface area contributed by atoms with Crippen molar-refractivity contribution in [1.29, 1.82) is 0 Å². The van der Waals surface area contributed by atoms with Gasteiger partial charge in [0, 0.05) is 25.6 Å². The maximum Gasteiger partial charge on any atom is 0.308 e. The number of hydrogen-bond acceptors (Lipinski definition) is 6. The number of aromatic nitrogens is 2. The zero-order valence-electron chi connectivity index (χ0n) is 13.8. The molecular weight excluding hydrogens is 326 g/mol. The highest BCUT2D eigenvalue weighted by Crippen LogP contribution is 2.21. The molecule has 0 spiro atoms. The lowest BCUT2D eigenvalue weighted by Gasteiger charge is -2.30. The molecule has 25 heavy (non-hydrogen) atoms. The summed E-state index contributed by atoms with van der Waals surface area (Å²) in [5.74, 6) is -0.148. The lowest BCUT2D eigenvalue weighted by atomic mass is 9.97. The first-order valence-corrected chi connectivity index (χ1v) is 8.07. The molecule has 1 saturated heterocycles. The van der Waals surface area contributed by atoms with Gasteiger partial charge in [-0.1, -0.05) is 11.2 Å². The van der Waals surface area contributed by atoms with Crippen molar-refractivity contribution in [3.63, 3.8) is 0 Å². The van der Waals surface area contributed by atoms with E-state index in [4.69, 9.17) is 14.4 Å². The molecule has 8 nitrogen and oxygen atoms in total. The molecule has 1 atom stereocenters.